The lowest BCUT2D eigenvalue weighted by Crippen LogP contribution is -2.31. The van der Waals surface area contributed by atoms with Crippen LogP contribution in [0.3, 0.4) is 0 Å². The Morgan fingerprint density at radius 3 is 2.38 bits per heavy atom. The molecule has 4 nitrogen and oxygen atoms in total. The van der Waals surface area contributed by atoms with Crippen molar-refractivity contribution in [3.8, 4) is 0 Å². The molecule has 136 valence electrons. The van der Waals surface area contributed by atoms with Crippen LogP contribution in [-0.2, 0) is 17.8 Å². The molecule has 0 saturated carbocycles. The largest absolute Gasteiger partial charge is 0.378 e. The van der Waals surface area contributed by atoms with Crippen LogP contribution in [0.25, 0.3) is 10.9 Å². The highest BCUT2D eigenvalue weighted by Gasteiger charge is 2.17. The number of rotatable bonds is 6. The molecule has 0 spiro atoms. The van der Waals surface area contributed by atoms with Crippen LogP contribution in [0.4, 0.5) is 5.69 Å². The normalized spacial score (nSPS) is 10.9. The summed E-state index contributed by atoms with van der Waals surface area (Å²) in [6.45, 7) is 5.42. The summed E-state index contributed by atoms with van der Waals surface area (Å²) in [7, 11) is 4.06. The number of aromatic nitrogens is 1. The van der Waals surface area contributed by atoms with Crippen molar-refractivity contribution < 1.29 is 4.79 Å². The average molecular weight is 349 g/mol. The van der Waals surface area contributed by atoms with Gasteiger partial charge in [-0.1, -0.05) is 30.3 Å². The minimum Gasteiger partial charge on any atom is -0.378 e. The predicted molar refractivity (Wildman–Crippen MR) is 109 cm³/mol. The molecule has 3 rings (SSSR count). The van der Waals surface area contributed by atoms with Gasteiger partial charge in [-0.25, -0.2) is 0 Å². The Bertz CT molecular complexity index is 893. The molecule has 0 aliphatic heterocycles. The van der Waals surface area contributed by atoms with Crippen molar-refractivity contribution in [3.05, 3.63) is 65.4 Å². The van der Waals surface area contributed by atoms with Crippen molar-refractivity contribution in [3.63, 3.8) is 0 Å². The zero-order chi connectivity index (χ0) is 18.7. The Kier molecular flexibility index (Phi) is 5.31. The summed E-state index contributed by atoms with van der Waals surface area (Å²) in [5, 5.41) is 1.14. The van der Waals surface area contributed by atoms with E-state index in [2.05, 4.69) is 46.3 Å². The Hall–Kier alpha value is -2.75. The maximum atomic E-state index is 12.9. The fourth-order valence-electron chi connectivity index (χ4n) is 3.32. The van der Waals surface area contributed by atoms with Crippen LogP contribution in [0.1, 0.15) is 23.7 Å². The van der Waals surface area contributed by atoms with Gasteiger partial charge in [0.1, 0.15) is 0 Å². The highest BCUT2D eigenvalue weighted by Crippen LogP contribution is 2.23. The standard InChI is InChI=1S/C22H27N3O/c1-5-25(15-17-10-12-18(13-11-17)24(3)4)22(26)14-20-16(2)23-21-9-7-6-8-19(20)21/h6-13,23H,5,14-15H2,1-4H3. The van der Waals surface area contributed by atoms with Crippen molar-refractivity contribution in [1.82, 2.24) is 9.88 Å². The molecular weight excluding hydrogens is 322 g/mol. The maximum absolute atomic E-state index is 12.9. The molecule has 1 heterocycles. The van der Waals surface area contributed by atoms with Crippen LogP contribution in [0.5, 0.6) is 0 Å². The third kappa shape index (κ3) is 3.74. The monoisotopic (exact) mass is 349 g/mol. The number of fused-ring (bicyclic) bond motifs is 1. The second-order valence-electron chi connectivity index (χ2n) is 6.92. The van der Waals surface area contributed by atoms with E-state index in [1.807, 2.05) is 45.0 Å². The van der Waals surface area contributed by atoms with Crippen LogP contribution >= 0.6 is 0 Å². The SMILES string of the molecule is CCN(Cc1ccc(N(C)C)cc1)C(=O)Cc1c(C)[nH]c2ccccc12. The van der Waals surface area contributed by atoms with E-state index in [1.54, 1.807) is 0 Å². The van der Waals surface area contributed by atoms with Crippen LogP contribution in [-0.4, -0.2) is 36.4 Å². The first kappa shape index (κ1) is 18.1. The number of carbonyl (C=O) groups is 1. The van der Waals surface area contributed by atoms with Gasteiger partial charge in [0.05, 0.1) is 6.42 Å². The number of amides is 1. The van der Waals surface area contributed by atoms with Gasteiger partial charge in [0.2, 0.25) is 5.91 Å². The first-order valence-electron chi connectivity index (χ1n) is 9.09. The lowest BCUT2D eigenvalue weighted by molar-refractivity contribution is -0.130. The number of carbonyl (C=O) groups excluding carboxylic acids is 1. The molecule has 4 heteroatoms. The topological polar surface area (TPSA) is 39.3 Å². The van der Waals surface area contributed by atoms with E-state index in [0.29, 0.717) is 19.5 Å². The van der Waals surface area contributed by atoms with Crippen LogP contribution < -0.4 is 4.90 Å². The Balaban J connectivity index is 1.75. The zero-order valence-electron chi connectivity index (χ0n) is 16.0. The molecule has 2 aromatic carbocycles. The molecule has 3 aromatic rings. The summed E-state index contributed by atoms with van der Waals surface area (Å²) in [5.74, 6) is 0.164. The average Bonchev–Trinajstić information content (AvgIpc) is 2.95. The lowest BCUT2D eigenvalue weighted by atomic mass is 10.1. The number of benzene rings is 2. The number of hydrogen-bond donors (Lipinski definition) is 1. The molecule has 0 saturated heterocycles. The molecule has 26 heavy (non-hydrogen) atoms. The fourth-order valence-corrected chi connectivity index (χ4v) is 3.32. The summed E-state index contributed by atoms with van der Waals surface area (Å²) in [5.41, 5.74) is 5.59. The quantitative estimate of drug-likeness (QED) is 0.727. The second-order valence-corrected chi connectivity index (χ2v) is 6.92. The fraction of sp³-hybridized carbons (Fsp3) is 0.318. The third-order valence-electron chi connectivity index (χ3n) is 4.92. The molecule has 1 amide bonds. The molecule has 0 bridgehead atoms. The van der Waals surface area contributed by atoms with Gasteiger partial charge in [-0.3, -0.25) is 4.79 Å². The van der Waals surface area contributed by atoms with Gasteiger partial charge in [-0.2, -0.15) is 0 Å². The maximum Gasteiger partial charge on any atom is 0.227 e. The molecule has 0 atom stereocenters. The molecule has 0 aliphatic carbocycles. The van der Waals surface area contributed by atoms with Gasteiger partial charge in [0.25, 0.3) is 0 Å². The Morgan fingerprint density at radius 1 is 1.04 bits per heavy atom. The first-order chi connectivity index (χ1) is 12.5. The Morgan fingerprint density at radius 2 is 1.73 bits per heavy atom. The molecule has 0 radical (unpaired) electrons. The third-order valence-corrected chi connectivity index (χ3v) is 4.92. The minimum atomic E-state index is 0.164. The van der Waals surface area contributed by atoms with E-state index in [9.17, 15) is 4.79 Å². The molecule has 1 aromatic heterocycles. The number of likely N-dealkylation sites (N-methyl/N-ethyl adjacent to an activating group) is 1. The number of anilines is 1. The van der Waals surface area contributed by atoms with Crippen LogP contribution in [0.2, 0.25) is 0 Å². The van der Waals surface area contributed by atoms with Crippen molar-refractivity contribution in [1.29, 1.82) is 0 Å². The number of aromatic amines is 1. The molecule has 0 aliphatic rings. The zero-order valence-corrected chi connectivity index (χ0v) is 16.0. The van der Waals surface area contributed by atoms with E-state index in [4.69, 9.17) is 0 Å². The first-order valence-corrected chi connectivity index (χ1v) is 9.09. The molecule has 1 N–H and O–H groups in total. The van der Waals surface area contributed by atoms with E-state index >= 15 is 0 Å². The van der Waals surface area contributed by atoms with Gasteiger partial charge in [0.15, 0.2) is 0 Å². The number of aryl methyl sites for hydroxylation is 1. The van der Waals surface area contributed by atoms with Crippen molar-refractivity contribution in [2.75, 3.05) is 25.5 Å². The van der Waals surface area contributed by atoms with E-state index < -0.39 is 0 Å². The summed E-state index contributed by atoms with van der Waals surface area (Å²) in [6, 6.07) is 16.6. The van der Waals surface area contributed by atoms with Crippen LogP contribution in [0.15, 0.2) is 48.5 Å². The smallest absolute Gasteiger partial charge is 0.227 e. The number of hydrogen-bond acceptors (Lipinski definition) is 2. The number of para-hydroxylation sites is 1. The summed E-state index contributed by atoms with van der Waals surface area (Å²) >= 11 is 0. The van der Waals surface area contributed by atoms with Gasteiger partial charge < -0.3 is 14.8 Å². The summed E-state index contributed by atoms with van der Waals surface area (Å²) < 4.78 is 0. The molecule has 0 unspecified atom stereocenters. The van der Waals surface area contributed by atoms with Gasteiger partial charge in [-0.05, 0) is 43.2 Å². The van der Waals surface area contributed by atoms with E-state index in [-0.39, 0.29) is 5.91 Å². The van der Waals surface area contributed by atoms with Gasteiger partial charge >= 0.3 is 0 Å². The Labute approximate surface area is 155 Å². The number of nitrogens with zero attached hydrogens (tertiary/aromatic N) is 2. The summed E-state index contributed by atoms with van der Waals surface area (Å²) in [4.78, 5) is 20.3. The van der Waals surface area contributed by atoms with E-state index in [1.165, 1.54) is 0 Å². The second kappa shape index (κ2) is 7.65. The van der Waals surface area contributed by atoms with Crippen LogP contribution in [0, 0.1) is 6.92 Å². The highest BCUT2D eigenvalue weighted by molar-refractivity contribution is 5.90. The van der Waals surface area contributed by atoms with Gasteiger partial charge in [0, 0.05) is 49.5 Å². The minimum absolute atomic E-state index is 0.164. The predicted octanol–water partition coefficient (Wildman–Crippen LogP) is 4.13. The molecular formula is C22H27N3O. The van der Waals surface area contributed by atoms with Gasteiger partial charge in [-0.15, -0.1) is 0 Å². The number of H-pyrrole nitrogens is 1. The molecule has 0 fully saturated rings. The summed E-state index contributed by atoms with van der Waals surface area (Å²) in [6.07, 6.45) is 0.430. The lowest BCUT2D eigenvalue weighted by Gasteiger charge is -2.22. The number of nitrogens with one attached hydrogen (secondary N) is 1. The van der Waals surface area contributed by atoms with E-state index in [0.717, 1.165) is 33.4 Å². The highest BCUT2D eigenvalue weighted by atomic mass is 16.2. The van der Waals surface area contributed by atoms with Crippen molar-refractivity contribution in [2.45, 2.75) is 26.8 Å². The van der Waals surface area contributed by atoms with Crippen molar-refractivity contribution >= 4 is 22.5 Å². The van der Waals surface area contributed by atoms with Crippen molar-refractivity contribution in [2.24, 2.45) is 0 Å².